The van der Waals surface area contributed by atoms with Crippen LogP contribution in [-0.4, -0.2) is 16.4 Å². The number of ether oxygens (including phenoxy) is 1. The van der Waals surface area contributed by atoms with Crippen LogP contribution in [0.2, 0.25) is 0 Å². The van der Waals surface area contributed by atoms with Crippen LogP contribution >= 0.6 is 0 Å². The quantitative estimate of drug-likeness (QED) is 0.795. The van der Waals surface area contributed by atoms with Gasteiger partial charge in [0.05, 0.1) is 12.3 Å². The fraction of sp³-hybridized carbons (Fsp3) is 0.400. The van der Waals surface area contributed by atoms with Gasteiger partial charge in [-0.2, -0.15) is 5.10 Å². The first-order valence-corrected chi connectivity index (χ1v) is 6.91. The van der Waals surface area contributed by atoms with Crippen LogP contribution in [0.1, 0.15) is 25.1 Å². The summed E-state index contributed by atoms with van der Waals surface area (Å²) < 4.78 is 7.34. The number of nitrogens with zero attached hydrogens (tertiary/aromatic N) is 2. The summed E-state index contributed by atoms with van der Waals surface area (Å²) >= 11 is 0. The average Bonchev–Trinajstić information content (AvgIpc) is 2.76. The third kappa shape index (κ3) is 3.44. The van der Waals surface area contributed by atoms with Gasteiger partial charge in [0.25, 0.3) is 0 Å². The van der Waals surface area contributed by atoms with E-state index in [1.165, 1.54) is 5.56 Å². The largest absolute Gasteiger partial charge is 0.494 e. The molecule has 1 heterocycles. The van der Waals surface area contributed by atoms with Crippen LogP contribution in [0.15, 0.2) is 24.4 Å². The van der Waals surface area contributed by atoms with Gasteiger partial charge in [0.15, 0.2) is 0 Å². The average molecular weight is 274 g/mol. The monoisotopic (exact) mass is 274 g/mol. The van der Waals surface area contributed by atoms with E-state index in [1.54, 1.807) is 0 Å². The van der Waals surface area contributed by atoms with Gasteiger partial charge in [-0.3, -0.25) is 4.68 Å². The maximum absolute atomic E-state index is 5.88. The summed E-state index contributed by atoms with van der Waals surface area (Å²) in [6.45, 7) is 5.43. The molecule has 0 aliphatic heterocycles. The molecule has 0 unspecified atom stereocenters. The number of rotatable bonds is 6. The number of hydrogen-bond donors (Lipinski definition) is 2. The van der Waals surface area contributed by atoms with Crippen LogP contribution in [0, 0.1) is 0 Å². The number of hydrogen-bond acceptors (Lipinski definition) is 4. The topological polar surface area (TPSA) is 65.1 Å². The molecule has 0 bridgehead atoms. The molecular formula is C15H22N4O. The van der Waals surface area contributed by atoms with Gasteiger partial charge >= 0.3 is 0 Å². The lowest BCUT2D eigenvalue weighted by Gasteiger charge is -2.10. The summed E-state index contributed by atoms with van der Waals surface area (Å²) in [6, 6.07) is 5.70. The molecule has 0 aliphatic carbocycles. The summed E-state index contributed by atoms with van der Waals surface area (Å²) in [4.78, 5) is 0. The lowest BCUT2D eigenvalue weighted by molar-refractivity contribution is 0.340. The van der Waals surface area contributed by atoms with Crippen LogP contribution in [-0.2, 0) is 20.0 Å². The SMILES string of the molecule is CCOc1cc(N)cc(NCc2cn(C)nc2CC)c1. The van der Waals surface area contributed by atoms with Crippen LogP contribution in [0.25, 0.3) is 0 Å². The minimum Gasteiger partial charge on any atom is -0.494 e. The second-order valence-corrected chi connectivity index (χ2v) is 4.71. The molecule has 0 aliphatic rings. The fourth-order valence-electron chi connectivity index (χ4n) is 2.20. The van der Waals surface area contributed by atoms with Crippen molar-refractivity contribution in [2.24, 2.45) is 7.05 Å². The van der Waals surface area contributed by atoms with Crippen molar-refractivity contribution in [2.75, 3.05) is 17.7 Å². The van der Waals surface area contributed by atoms with E-state index in [4.69, 9.17) is 10.5 Å². The number of aromatic nitrogens is 2. The van der Waals surface area contributed by atoms with Crippen molar-refractivity contribution in [3.8, 4) is 5.75 Å². The number of anilines is 2. The minimum atomic E-state index is 0.630. The Hall–Kier alpha value is -2.17. The zero-order chi connectivity index (χ0) is 14.5. The van der Waals surface area contributed by atoms with Crippen molar-refractivity contribution in [2.45, 2.75) is 26.8 Å². The smallest absolute Gasteiger partial charge is 0.123 e. The molecule has 1 aromatic heterocycles. The van der Waals surface area contributed by atoms with E-state index in [1.807, 2.05) is 43.0 Å². The van der Waals surface area contributed by atoms with Gasteiger partial charge in [-0.25, -0.2) is 0 Å². The van der Waals surface area contributed by atoms with Gasteiger partial charge in [-0.05, 0) is 19.4 Å². The molecule has 0 fully saturated rings. The summed E-state index contributed by atoms with van der Waals surface area (Å²) in [7, 11) is 1.94. The summed E-state index contributed by atoms with van der Waals surface area (Å²) in [5.41, 5.74) is 9.86. The van der Waals surface area contributed by atoms with E-state index in [-0.39, 0.29) is 0 Å². The number of nitrogens with one attached hydrogen (secondary N) is 1. The first kappa shape index (κ1) is 14.2. The molecule has 5 nitrogen and oxygen atoms in total. The second-order valence-electron chi connectivity index (χ2n) is 4.71. The Morgan fingerprint density at radius 2 is 2.10 bits per heavy atom. The Labute approximate surface area is 119 Å². The van der Waals surface area contributed by atoms with Gasteiger partial charge in [-0.15, -0.1) is 0 Å². The van der Waals surface area contributed by atoms with Crippen LogP contribution < -0.4 is 15.8 Å². The Morgan fingerprint density at radius 3 is 2.80 bits per heavy atom. The van der Waals surface area contributed by atoms with Crippen molar-refractivity contribution in [3.05, 3.63) is 35.7 Å². The lowest BCUT2D eigenvalue weighted by atomic mass is 10.2. The number of nitrogens with two attached hydrogens (primary N) is 1. The zero-order valence-electron chi connectivity index (χ0n) is 12.3. The molecule has 0 radical (unpaired) electrons. The highest BCUT2D eigenvalue weighted by Crippen LogP contribution is 2.23. The summed E-state index contributed by atoms with van der Waals surface area (Å²) in [5.74, 6) is 0.789. The summed E-state index contributed by atoms with van der Waals surface area (Å²) in [5, 5.41) is 7.81. The first-order valence-electron chi connectivity index (χ1n) is 6.91. The standard InChI is InChI=1S/C15H22N4O/c1-4-15-11(10-19(3)18-15)9-17-13-6-12(16)7-14(8-13)20-5-2/h6-8,10,17H,4-5,9,16H2,1-3H3. The molecule has 0 saturated heterocycles. The third-order valence-electron chi connectivity index (χ3n) is 3.05. The van der Waals surface area contributed by atoms with E-state index < -0.39 is 0 Å². The Balaban J connectivity index is 2.10. The van der Waals surface area contributed by atoms with Gasteiger partial charge in [0, 0.05) is 48.9 Å². The van der Waals surface area contributed by atoms with Crippen LogP contribution in [0.5, 0.6) is 5.75 Å². The van der Waals surface area contributed by atoms with Gasteiger partial charge < -0.3 is 15.8 Å². The van der Waals surface area contributed by atoms with Crippen molar-refractivity contribution in [1.82, 2.24) is 9.78 Å². The van der Waals surface area contributed by atoms with Gasteiger partial charge in [0.2, 0.25) is 0 Å². The highest BCUT2D eigenvalue weighted by molar-refractivity contribution is 5.59. The van der Waals surface area contributed by atoms with E-state index >= 15 is 0 Å². The maximum atomic E-state index is 5.88. The molecule has 1 aromatic carbocycles. The van der Waals surface area contributed by atoms with Crippen molar-refractivity contribution in [1.29, 1.82) is 0 Å². The lowest BCUT2D eigenvalue weighted by Crippen LogP contribution is -2.02. The molecule has 0 amide bonds. The van der Waals surface area contributed by atoms with Crippen molar-refractivity contribution >= 4 is 11.4 Å². The van der Waals surface area contributed by atoms with E-state index in [0.717, 1.165) is 30.1 Å². The molecule has 0 spiro atoms. The predicted molar refractivity (Wildman–Crippen MR) is 81.9 cm³/mol. The van der Waals surface area contributed by atoms with Crippen molar-refractivity contribution < 1.29 is 4.74 Å². The Kier molecular flexibility index (Phi) is 4.50. The molecule has 3 N–H and O–H groups in total. The normalized spacial score (nSPS) is 10.6. The molecule has 2 aromatic rings. The van der Waals surface area contributed by atoms with Gasteiger partial charge in [-0.1, -0.05) is 6.92 Å². The molecule has 0 atom stereocenters. The second kappa shape index (κ2) is 6.32. The molecule has 20 heavy (non-hydrogen) atoms. The molecular weight excluding hydrogens is 252 g/mol. The molecule has 108 valence electrons. The van der Waals surface area contributed by atoms with E-state index in [0.29, 0.717) is 12.3 Å². The summed E-state index contributed by atoms with van der Waals surface area (Å²) in [6.07, 6.45) is 2.97. The van der Waals surface area contributed by atoms with Crippen LogP contribution in [0.4, 0.5) is 11.4 Å². The Bertz CT molecular complexity index is 577. The van der Waals surface area contributed by atoms with E-state index in [9.17, 15) is 0 Å². The Morgan fingerprint density at radius 1 is 1.30 bits per heavy atom. The zero-order valence-corrected chi connectivity index (χ0v) is 12.3. The molecule has 2 rings (SSSR count). The first-order chi connectivity index (χ1) is 9.62. The number of benzene rings is 1. The van der Waals surface area contributed by atoms with Crippen molar-refractivity contribution in [3.63, 3.8) is 0 Å². The maximum Gasteiger partial charge on any atom is 0.123 e. The third-order valence-corrected chi connectivity index (χ3v) is 3.05. The highest BCUT2D eigenvalue weighted by Gasteiger charge is 2.06. The molecule has 0 saturated carbocycles. The van der Waals surface area contributed by atoms with E-state index in [2.05, 4.69) is 17.3 Å². The molecule has 5 heteroatoms. The number of aryl methyl sites for hydroxylation is 2. The van der Waals surface area contributed by atoms with Crippen LogP contribution in [0.3, 0.4) is 0 Å². The minimum absolute atomic E-state index is 0.630. The highest BCUT2D eigenvalue weighted by atomic mass is 16.5. The number of nitrogen functional groups attached to an aromatic ring is 1. The fourth-order valence-corrected chi connectivity index (χ4v) is 2.20. The van der Waals surface area contributed by atoms with Gasteiger partial charge in [0.1, 0.15) is 5.75 Å². The predicted octanol–water partition coefficient (Wildman–Crippen LogP) is 2.58.